The van der Waals surface area contributed by atoms with Crippen LogP contribution < -0.4 is 5.73 Å². The van der Waals surface area contributed by atoms with E-state index in [-0.39, 0.29) is 5.02 Å². The standard InChI is InChI=1S/C13H16ClFN4S/c1-2-5-19-12(7-16)17-18-13(19)20-8-9-3-4-10(14)11(15)6-9/h3-4,6H,2,5,7-8,16H2,1H3. The number of nitrogens with two attached hydrogens (primary N) is 1. The van der Waals surface area contributed by atoms with Crippen LogP contribution in [0.4, 0.5) is 4.39 Å². The van der Waals surface area contributed by atoms with Crippen LogP contribution in [0.5, 0.6) is 0 Å². The highest BCUT2D eigenvalue weighted by Crippen LogP contribution is 2.24. The van der Waals surface area contributed by atoms with Gasteiger partial charge >= 0.3 is 0 Å². The van der Waals surface area contributed by atoms with Gasteiger partial charge in [0.15, 0.2) is 5.16 Å². The SMILES string of the molecule is CCCn1c(CN)nnc1SCc1ccc(Cl)c(F)c1. The van der Waals surface area contributed by atoms with Gasteiger partial charge in [0.2, 0.25) is 0 Å². The summed E-state index contributed by atoms with van der Waals surface area (Å²) in [4.78, 5) is 0. The quantitative estimate of drug-likeness (QED) is 0.832. The van der Waals surface area contributed by atoms with Crippen LogP contribution in [0.25, 0.3) is 0 Å². The Morgan fingerprint density at radius 3 is 2.85 bits per heavy atom. The molecule has 0 unspecified atom stereocenters. The van der Waals surface area contributed by atoms with E-state index in [9.17, 15) is 4.39 Å². The van der Waals surface area contributed by atoms with Crippen LogP contribution in [-0.2, 0) is 18.8 Å². The summed E-state index contributed by atoms with van der Waals surface area (Å²) in [7, 11) is 0. The first kappa shape index (κ1) is 15.3. The molecule has 0 amide bonds. The molecule has 0 atom stereocenters. The molecule has 2 N–H and O–H groups in total. The maximum atomic E-state index is 13.4. The molecule has 1 heterocycles. The van der Waals surface area contributed by atoms with E-state index in [4.69, 9.17) is 17.3 Å². The highest BCUT2D eigenvalue weighted by Gasteiger charge is 2.11. The summed E-state index contributed by atoms with van der Waals surface area (Å²) >= 11 is 7.18. The molecule has 1 aromatic heterocycles. The normalized spacial score (nSPS) is 11.0. The van der Waals surface area contributed by atoms with Crippen molar-refractivity contribution in [2.45, 2.75) is 37.3 Å². The van der Waals surface area contributed by atoms with E-state index in [1.54, 1.807) is 6.07 Å². The van der Waals surface area contributed by atoms with Crippen molar-refractivity contribution >= 4 is 23.4 Å². The lowest BCUT2D eigenvalue weighted by molar-refractivity contribution is 0.592. The van der Waals surface area contributed by atoms with Crippen LogP contribution in [0, 0.1) is 5.82 Å². The number of thioether (sulfide) groups is 1. The summed E-state index contributed by atoms with van der Waals surface area (Å²) in [5, 5.41) is 9.15. The molecular weight excluding hydrogens is 299 g/mol. The molecule has 1 aromatic carbocycles. The number of hydrogen-bond acceptors (Lipinski definition) is 4. The average molecular weight is 315 g/mol. The largest absolute Gasteiger partial charge is 0.324 e. The van der Waals surface area contributed by atoms with E-state index in [2.05, 4.69) is 17.1 Å². The van der Waals surface area contributed by atoms with Gasteiger partial charge in [0.25, 0.3) is 0 Å². The number of halogens is 2. The third-order valence-electron chi connectivity index (χ3n) is 2.78. The van der Waals surface area contributed by atoms with Crippen LogP contribution in [0.3, 0.4) is 0 Å². The van der Waals surface area contributed by atoms with E-state index in [0.29, 0.717) is 12.3 Å². The van der Waals surface area contributed by atoms with Gasteiger partial charge in [0.05, 0.1) is 11.6 Å². The van der Waals surface area contributed by atoms with Crippen molar-refractivity contribution in [3.8, 4) is 0 Å². The third kappa shape index (κ3) is 3.50. The molecule has 0 fully saturated rings. The van der Waals surface area contributed by atoms with Gasteiger partial charge in [-0.1, -0.05) is 36.4 Å². The number of aromatic nitrogens is 3. The molecule has 0 spiro atoms. The average Bonchev–Trinajstić information content (AvgIpc) is 2.83. The van der Waals surface area contributed by atoms with Gasteiger partial charge in [0.1, 0.15) is 11.6 Å². The topological polar surface area (TPSA) is 56.7 Å². The summed E-state index contributed by atoms with van der Waals surface area (Å²) in [6.07, 6.45) is 0.980. The van der Waals surface area contributed by atoms with Gasteiger partial charge in [-0.15, -0.1) is 10.2 Å². The minimum Gasteiger partial charge on any atom is -0.324 e. The number of benzene rings is 1. The summed E-state index contributed by atoms with van der Waals surface area (Å²) in [6.45, 7) is 3.28. The van der Waals surface area contributed by atoms with Crippen LogP contribution in [0.2, 0.25) is 5.02 Å². The maximum absolute atomic E-state index is 13.4. The Morgan fingerprint density at radius 2 is 2.20 bits per heavy atom. The second kappa shape index (κ2) is 7.06. The Bertz CT molecular complexity index is 588. The van der Waals surface area contributed by atoms with Gasteiger partial charge in [-0.05, 0) is 24.1 Å². The van der Waals surface area contributed by atoms with Crippen molar-refractivity contribution in [3.05, 3.63) is 40.4 Å². The van der Waals surface area contributed by atoms with E-state index < -0.39 is 5.82 Å². The number of rotatable bonds is 6. The lowest BCUT2D eigenvalue weighted by Gasteiger charge is -2.07. The highest BCUT2D eigenvalue weighted by atomic mass is 35.5. The number of hydrogen-bond donors (Lipinski definition) is 1. The smallest absolute Gasteiger partial charge is 0.191 e. The molecule has 0 aliphatic carbocycles. The fraction of sp³-hybridized carbons (Fsp3) is 0.385. The van der Waals surface area contributed by atoms with E-state index in [1.165, 1.54) is 17.8 Å². The molecule has 0 saturated carbocycles. The Labute approximate surface area is 126 Å². The second-order valence-electron chi connectivity index (χ2n) is 4.29. The minimum atomic E-state index is -0.401. The molecule has 2 rings (SSSR count). The fourth-order valence-corrected chi connectivity index (χ4v) is 2.85. The first-order chi connectivity index (χ1) is 9.65. The third-order valence-corrected chi connectivity index (χ3v) is 4.12. The van der Waals surface area contributed by atoms with Crippen molar-refractivity contribution in [2.75, 3.05) is 0 Å². The van der Waals surface area contributed by atoms with Gasteiger partial charge in [-0.2, -0.15) is 0 Å². The Kier molecular flexibility index (Phi) is 5.39. The molecule has 0 bridgehead atoms. The molecule has 0 aliphatic rings. The monoisotopic (exact) mass is 314 g/mol. The van der Waals surface area contributed by atoms with Crippen LogP contribution >= 0.6 is 23.4 Å². The minimum absolute atomic E-state index is 0.137. The second-order valence-corrected chi connectivity index (χ2v) is 5.64. The molecule has 2 aromatic rings. The zero-order valence-electron chi connectivity index (χ0n) is 11.1. The molecule has 0 radical (unpaired) electrons. The summed E-state index contributed by atoms with van der Waals surface area (Å²) in [5.41, 5.74) is 6.50. The molecular formula is C13H16ClFN4S. The number of nitrogens with zero attached hydrogens (tertiary/aromatic N) is 3. The van der Waals surface area contributed by atoms with Crippen LogP contribution in [0.1, 0.15) is 24.7 Å². The Morgan fingerprint density at radius 1 is 1.40 bits per heavy atom. The van der Waals surface area contributed by atoms with Crippen molar-refractivity contribution < 1.29 is 4.39 Å². The van der Waals surface area contributed by atoms with Crippen molar-refractivity contribution in [1.82, 2.24) is 14.8 Å². The highest BCUT2D eigenvalue weighted by molar-refractivity contribution is 7.98. The molecule has 4 nitrogen and oxygen atoms in total. The molecule has 0 saturated heterocycles. The van der Waals surface area contributed by atoms with Gasteiger partial charge < -0.3 is 10.3 Å². The van der Waals surface area contributed by atoms with Crippen molar-refractivity contribution in [1.29, 1.82) is 0 Å². The van der Waals surface area contributed by atoms with E-state index >= 15 is 0 Å². The maximum Gasteiger partial charge on any atom is 0.191 e. The summed E-state index contributed by atoms with van der Waals surface area (Å²) in [6, 6.07) is 4.82. The van der Waals surface area contributed by atoms with Gasteiger partial charge in [0, 0.05) is 12.3 Å². The Balaban J connectivity index is 2.10. The molecule has 0 aliphatic heterocycles. The van der Waals surface area contributed by atoms with Crippen LogP contribution in [-0.4, -0.2) is 14.8 Å². The summed E-state index contributed by atoms with van der Waals surface area (Å²) in [5.74, 6) is 0.986. The molecule has 108 valence electrons. The van der Waals surface area contributed by atoms with Gasteiger partial charge in [-0.3, -0.25) is 0 Å². The van der Waals surface area contributed by atoms with Crippen molar-refractivity contribution in [2.24, 2.45) is 5.73 Å². The molecule has 7 heteroatoms. The van der Waals surface area contributed by atoms with Crippen molar-refractivity contribution in [3.63, 3.8) is 0 Å². The van der Waals surface area contributed by atoms with Crippen LogP contribution in [0.15, 0.2) is 23.4 Å². The molecule has 20 heavy (non-hydrogen) atoms. The first-order valence-corrected chi connectivity index (χ1v) is 7.71. The fourth-order valence-electron chi connectivity index (χ4n) is 1.80. The lowest BCUT2D eigenvalue weighted by atomic mass is 10.2. The first-order valence-electron chi connectivity index (χ1n) is 6.34. The zero-order valence-corrected chi connectivity index (χ0v) is 12.7. The Hall–Kier alpha value is -1.11. The van der Waals surface area contributed by atoms with E-state index in [1.807, 2.05) is 10.6 Å². The predicted octanol–water partition coefficient (Wildman–Crippen LogP) is 3.23. The van der Waals surface area contributed by atoms with E-state index in [0.717, 1.165) is 29.5 Å². The predicted molar refractivity (Wildman–Crippen MR) is 79.2 cm³/mol. The summed E-state index contributed by atoms with van der Waals surface area (Å²) < 4.78 is 15.4. The lowest BCUT2D eigenvalue weighted by Crippen LogP contribution is -2.09. The zero-order chi connectivity index (χ0) is 14.5. The van der Waals surface area contributed by atoms with Gasteiger partial charge in [-0.25, -0.2) is 4.39 Å².